The van der Waals surface area contributed by atoms with E-state index >= 15 is 0 Å². The van der Waals surface area contributed by atoms with E-state index in [1.165, 1.54) is 10.7 Å². The summed E-state index contributed by atoms with van der Waals surface area (Å²) in [4.78, 5) is 26.8. The van der Waals surface area contributed by atoms with Gasteiger partial charge in [0.15, 0.2) is 0 Å². The number of methoxy groups -OCH3 is 1. The van der Waals surface area contributed by atoms with Crippen LogP contribution in [-0.2, 0) is 9.53 Å². The summed E-state index contributed by atoms with van der Waals surface area (Å²) >= 11 is 6.20. The van der Waals surface area contributed by atoms with Crippen molar-refractivity contribution in [2.24, 2.45) is 5.92 Å². The Morgan fingerprint density at radius 1 is 1.36 bits per heavy atom. The quantitative estimate of drug-likeness (QED) is 0.747. The number of piperidine rings is 1. The molecule has 1 atom stereocenters. The van der Waals surface area contributed by atoms with Crippen LogP contribution in [0.1, 0.15) is 18.4 Å². The third kappa shape index (κ3) is 4.72. The van der Waals surface area contributed by atoms with E-state index in [9.17, 15) is 9.59 Å². The highest BCUT2D eigenvalue weighted by Crippen LogP contribution is 2.22. The highest BCUT2D eigenvalue weighted by molar-refractivity contribution is 6.31. The molecule has 150 valence electrons. The fourth-order valence-corrected chi connectivity index (χ4v) is 3.46. The van der Waals surface area contributed by atoms with Gasteiger partial charge >= 0.3 is 0 Å². The fraction of sp³-hybridized carbons (Fsp3) is 0.450. The van der Waals surface area contributed by atoms with Crippen molar-refractivity contribution in [3.05, 3.63) is 51.3 Å². The van der Waals surface area contributed by atoms with Crippen molar-refractivity contribution >= 4 is 23.3 Å². The van der Waals surface area contributed by atoms with Gasteiger partial charge in [-0.05, 0) is 43.5 Å². The van der Waals surface area contributed by atoms with Crippen LogP contribution >= 0.6 is 11.6 Å². The maximum atomic E-state index is 12.4. The number of carbonyl (C=O) groups excluding carboxylic acids is 1. The summed E-state index contributed by atoms with van der Waals surface area (Å²) < 4.78 is 6.33. The molecule has 2 heterocycles. The average molecular weight is 405 g/mol. The fourth-order valence-electron chi connectivity index (χ4n) is 3.29. The lowest BCUT2D eigenvalue weighted by Gasteiger charge is -2.32. The van der Waals surface area contributed by atoms with Crippen molar-refractivity contribution < 1.29 is 9.53 Å². The van der Waals surface area contributed by atoms with E-state index < -0.39 is 0 Å². The molecule has 0 radical (unpaired) electrons. The number of rotatable bonds is 6. The molecule has 2 aromatic rings. The highest BCUT2D eigenvalue weighted by Gasteiger charge is 2.26. The molecule has 1 aliphatic rings. The smallest absolute Gasteiger partial charge is 0.271 e. The summed E-state index contributed by atoms with van der Waals surface area (Å²) in [5, 5.41) is 8.01. The van der Waals surface area contributed by atoms with Crippen molar-refractivity contribution in [3.63, 3.8) is 0 Å². The number of anilines is 1. The molecule has 1 N–H and O–H groups in total. The number of nitrogens with one attached hydrogen (secondary N) is 1. The maximum Gasteiger partial charge on any atom is 0.271 e. The van der Waals surface area contributed by atoms with Crippen LogP contribution < -0.4 is 15.8 Å². The molecule has 0 saturated carbocycles. The number of halogens is 1. The summed E-state index contributed by atoms with van der Waals surface area (Å²) in [7, 11) is 1.61. The van der Waals surface area contributed by atoms with Gasteiger partial charge in [0.2, 0.25) is 5.91 Å². The molecule has 1 aromatic heterocycles. The van der Waals surface area contributed by atoms with Crippen molar-refractivity contribution in [2.75, 3.05) is 38.3 Å². The number of amides is 1. The lowest BCUT2D eigenvalue weighted by molar-refractivity contribution is -0.125. The maximum absolute atomic E-state index is 12.4. The molecule has 8 heteroatoms. The van der Waals surface area contributed by atoms with Crippen LogP contribution in [0.15, 0.2) is 35.1 Å². The molecular formula is C20H25ClN4O3. The van der Waals surface area contributed by atoms with Crippen LogP contribution in [0.4, 0.5) is 5.82 Å². The lowest BCUT2D eigenvalue weighted by Crippen LogP contribution is -2.44. The van der Waals surface area contributed by atoms with E-state index in [0.29, 0.717) is 36.2 Å². The highest BCUT2D eigenvalue weighted by atomic mass is 35.5. The number of aromatic nitrogens is 2. The number of aryl methyl sites for hydroxylation is 1. The minimum atomic E-state index is -0.227. The van der Waals surface area contributed by atoms with Gasteiger partial charge in [-0.3, -0.25) is 9.59 Å². The second-order valence-corrected chi connectivity index (χ2v) is 7.35. The third-order valence-electron chi connectivity index (χ3n) is 4.91. The molecule has 0 spiro atoms. The van der Waals surface area contributed by atoms with Crippen molar-refractivity contribution in [3.8, 4) is 5.69 Å². The number of benzene rings is 1. The Labute approximate surface area is 169 Å². The van der Waals surface area contributed by atoms with E-state index in [0.717, 1.165) is 24.9 Å². The van der Waals surface area contributed by atoms with Gasteiger partial charge in [0, 0.05) is 37.8 Å². The Hall–Kier alpha value is -2.38. The van der Waals surface area contributed by atoms with Gasteiger partial charge in [0.1, 0.15) is 5.82 Å². The predicted octanol–water partition coefficient (Wildman–Crippen LogP) is 2.17. The largest absolute Gasteiger partial charge is 0.383 e. The molecule has 3 rings (SSSR count). The number of nitrogens with zero attached hydrogens (tertiary/aromatic N) is 3. The molecule has 1 aromatic carbocycles. The molecule has 1 saturated heterocycles. The molecule has 1 amide bonds. The Balaban J connectivity index is 1.79. The summed E-state index contributed by atoms with van der Waals surface area (Å²) in [6.07, 6.45) is 1.72. The minimum absolute atomic E-state index is 0.0281. The Kier molecular flexibility index (Phi) is 6.70. The zero-order chi connectivity index (χ0) is 20.1. The van der Waals surface area contributed by atoms with Gasteiger partial charge in [-0.2, -0.15) is 4.68 Å². The van der Waals surface area contributed by atoms with E-state index in [1.807, 2.05) is 19.1 Å². The van der Waals surface area contributed by atoms with Crippen LogP contribution in [0.25, 0.3) is 5.69 Å². The Morgan fingerprint density at radius 3 is 2.93 bits per heavy atom. The first-order valence-electron chi connectivity index (χ1n) is 9.38. The predicted molar refractivity (Wildman–Crippen MR) is 109 cm³/mol. The number of hydrogen-bond donors (Lipinski definition) is 1. The van der Waals surface area contributed by atoms with Gasteiger partial charge in [0.05, 0.1) is 18.2 Å². The molecule has 1 unspecified atom stereocenters. The van der Waals surface area contributed by atoms with E-state index in [-0.39, 0.29) is 17.4 Å². The summed E-state index contributed by atoms with van der Waals surface area (Å²) in [6.45, 7) is 4.27. The second-order valence-electron chi connectivity index (χ2n) is 6.94. The van der Waals surface area contributed by atoms with Crippen LogP contribution in [-0.4, -0.2) is 49.0 Å². The topological polar surface area (TPSA) is 76.5 Å². The molecule has 28 heavy (non-hydrogen) atoms. The zero-order valence-electron chi connectivity index (χ0n) is 16.2. The van der Waals surface area contributed by atoms with Crippen LogP contribution in [0.3, 0.4) is 0 Å². The summed E-state index contributed by atoms with van der Waals surface area (Å²) in [5.74, 6) is 0.590. The third-order valence-corrected chi connectivity index (χ3v) is 5.31. The lowest BCUT2D eigenvalue weighted by atomic mass is 9.97. The second kappa shape index (κ2) is 9.21. The standard InChI is InChI=1S/C20H25ClN4O3/c1-14-5-6-16(12-17(14)21)25-19(26)8-7-18(23-25)24-10-3-4-15(13-24)20(27)22-9-11-28-2/h5-8,12,15H,3-4,9-11,13H2,1-2H3,(H,22,27). The van der Waals surface area contributed by atoms with Gasteiger partial charge in [-0.1, -0.05) is 17.7 Å². The minimum Gasteiger partial charge on any atom is -0.383 e. The van der Waals surface area contributed by atoms with E-state index in [4.69, 9.17) is 16.3 Å². The van der Waals surface area contributed by atoms with Crippen LogP contribution in [0, 0.1) is 12.8 Å². The summed E-state index contributed by atoms with van der Waals surface area (Å²) in [5.41, 5.74) is 1.33. The van der Waals surface area contributed by atoms with E-state index in [1.54, 1.807) is 19.2 Å². The number of ether oxygens (including phenoxy) is 1. The van der Waals surface area contributed by atoms with Crippen LogP contribution in [0.5, 0.6) is 0 Å². The normalized spacial score (nSPS) is 16.8. The van der Waals surface area contributed by atoms with Crippen molar-refractivity contribution in [1.82, 2.24) is 15.1 Å². The average Bonchev–Trinajstić information content (AvgIpc) is 2.71. The first kappa shape index (κ1) is 20.4. The molecular weight excluding hydrogens is 380 g/mol. The number of carbonyl (C=O) groups is 1. The van der Waals surface area contributed by atoms with Gasteiger partial charge < -0.3 is 15.0 Å². The SMILES string of the molecule is COCCNC(=O)C1CCCN(c2ccc(=O)n(-c3ccc(C)c(Cl)c3)n2)C1. The van der Waals surface area contributed by atoms with Gasteiger partial charge in [-0.15, -0.1) is 5.10 Å². The monoisotopic (exact) mass is 404 g/mol. The molecule has 7 nitrogen and oxygen atoms in total. The summed E-state index contributed by atoms with van der Waals surface area (Å²) in [6, 6.07) is 8.62. The zero-order valence-corrected chi connectivity index (χ0v) is 16.9. The Morgan fingerprint density at radius 2 is 2.18 bits per heavy atom. The number of hydrogen-bond acceptors (Lipinski definition) is 5. The molecule has 1 aliphatic heterocycles. The van der Waals surface area contributed by atoms with Crippen molar-refractivity contribution in [1.29, 1.82) is 0 Å². The molecule has 0 aliphatic carbocycles. The van der Waals surface area contributed by atoms with E-state index in [2.05, 4.69) is 15.3 Å². The van der Waals surface area contributed by atoms with Crippen LogP contribution in [0.2, 0.25) is 5.02 Å². The Bertz CT molecular complexity index is 899. The first-order valence-corrected chi connectivity index (χ1v) is 9.76. The molecule has 1 fully saturated rings. The van der Waals surface area contributed by atoms with Gasteiger partial charge in [-0.25, -0.2) is 0 Å². The first-order chi connectivity index (χ1) is 13.5. The van der Waals surface area contributed by atoms with Gasteiger partial charge in [0.25, 0.3) is 5.56 Å². The van der Waals surface area contributed by atoms with Crippen molar-refractivity contribution in [2.45, 2.75) is 19.8 Å². The molecule has 0 bridgehead atoms.